The van der Waals surface area contributed by atoms with Gasteiger partial charge in [0, 0.05) is 13.1 Å². The minimum Gasteiger partial charge on any atom is -0.400 e. The van der Waals surface area contributed by atoms with Crippen LogP contribution in [0.5, 0.6) is 0 Å². The van der Waals surface area contributed by atoms with Crippen LogP contribution >= 0.6 is 0 Å². The van der Waals surface area contributed by atoms with E-state index in [1.54, 1.807) is 6.92 Å². The molecule has 0 atom stereocenters. The third kappa shape index (κ3) is 3.10. The average molecular weight is 265 g/mol. The van der Waals surface area contributed by atoms with E-state index in [9.17, 15) is 4.79 Å². The van der Waals surface area contributed by atoms with Gasteiger partial charge in [0.1, 0.15) is 5.78 Å². The van der Waals surface area contributed by atoms with Crippen LogP contribution in [0, 0.1) is 0 Å². The van der Waals surface area contributed by atoms with Crippen molar-refractivity contribution < 1.29 is 14.1 Å². The minimum atomic E-state index is -0.283. The van der Waals surface area contributed by atoms with Crippen LogP contribution in [0.4, 0.5) is 0 Å². The molecule has 2 aliphatic rings. The summed E-state index contributed by atoms with van der Waals surface area (Å²) in [5.74, 6) is 0.215. The van der Waals surface area contributed by atoms with Crippen LogP contribution in [0.2, 0.25) is 0 Å². The van der Waals surface area contributed by atoms with E-state index < -0.39 is 0 Å². The lowest BCUT2D eigenvalue weighted by Crippen LogP contribution is -2.41. The normalized spacial score (nSPS) is 26.4. The van der Waals surface area contributed by atoms with E-state index in [0.717, 1.165) is 19.5 Å². The van der Waals surface area contributed by atoms with Gasteiger partial charge in [-0.15, -0.1) is 0 Å². The van der Waals surface area contributed by atoms with Gasteiger partial charge in [0.05, 0.1) is 17.7 Å². The second-order valence-electron chi connectivity index (χ2n) is 6.55. The Kier molecular flexibility index (Phi) is 3.91. The predicted octanol–water partition coefficient (Wildman–Crippen LogP) is 1.84. The van der Waals surface area contributed by atoms with Crippen LogP contribution in [0.25, 0.3) is 0 Å². The molecule has 19 heavy (non-hydrogen) atoms. The van der Waals surface area contributed by atoms with Gasteiger partial charge in [-0.2, -0.15) is 0 Å². The number of hydrogen-bond acceptors (Lipinski definition) is 4. The van der Waals surface area contributed by atoms with E-state index in [0.29, 0.717) is 6.54 Å². The fourth-order valence-electron chi connectivity index (χ4n) is 2.39. The van der Waals surface area contributed by atoms with Crippen LogP contribution in [-0.4, -0.2) is 48.6 Å². The molecule has 1 saturated heterocycles. The minimum absolute atomic E-state index is 0.215. The third-order valence-electron chi connectivity index (χ3n) is 4.33. The molecule has 0 N–H and O–H groups in total. The maximum Gasteiger partial charge on any atom is 0.490 e. The maximum atomic E-state index is 11.1. The molecule has 0 amide bonds. The van der Waals surface area contributed by atoms with Gasteiger partial charge >= 0.3 is 7.12 Å². The molecular weight excluding hydrogens is 241 g/mol. The summed E-state index contributed by atoms with van der Waals surface area (Å²) in [5.41, 5.74) is 0.641. The summed E-state index contributed by atoms with van der Waals surface area (Å²) >= 11 is 0. The summed E-state index contributed by atoms with van der Waals surface area (Å²) < 4.78 is 12.1. The zero-order valence-electron chi connectivity index (χ0n) is 12.7. The second kappa shape index (κ2) is 5.04. The van der Waals surface area contributed by atoms with E-state index in [2.05, 4.69) is 38.7 Å². The standard InChI is InChI=1S/C14H24BNO3/c1-11(17)10-16-8-6-12(7-9-16)15-18-13(2,3)14(4,5)19-15/h6H,7-10H2,1-5H3. The quantitative estimate of drug-likeness (QED) is 0.730. The van der Waals surface area contributed by atoms with Crippen molar-refractivity contribution in [2.45, 2.75) is 52.2 Å². The molecule has 2 rings (SSSR count). The van der Waals surface area contributed by atoms with Crippen LogP contribution in [0.1, 0.15) is 41.0 Å². The van der Waals surface area contributed by atoms with Crippen molar-refractivity contribution in [3.05, 3.63) is 11.5 Å². The van der Waals surface area contributed by atoms with Gasteiger partial charge in [0.25, 0.3) is 0 Å². The van der Waals surface area contributed by atoms with Crippen LogP contribution in [-0.2, 0) is 14.1 Å². The summed E-state index contributed by atoms with van der Waals surface area (Å²) in [6, 6.07) is 0. The molecule has 5 heteroatoms. The van der Waals surface area contributed by atoms with E-state index >= 15 is 0 Å². The van der Waals surface area contributed by atoms with Gasteiger partial charge in [-0.3, -0.25) is 9.69 Å². The Bertz CT molecular complexity index is 387. The number of nitrogens with zero attached hydrogens (tertiary/aromatic N) is 1. The Morgan fingerprint density at radius 3 is 2.32 bits per heavy atom. The maximum absolute atomic E-state index is 11.1. The topological polar surface area (TPSA) is 38.8 Å². The monoisotopic (exact) mass is 265 g/mol. The molecule has 0 bridgehead atoms. The van der Waals surface area contributed by atoms with Crippen molar-refractivity contribution >= 4 is 12.9 Å². The highest BCUT2D eigenvalue weighted by Crippen LogP contribution is 2.39. The molecule has 2 heterocycles. The van der Waals surface area contributed by atoms with Crippen molar-refractivity contribution in [1.29, 1.82) is 0 Å². The Labute approximate surface area is 116 Å². The summed E-state index contributed by atoms with van der Waals surface area (Å²) in [4.78, 5) is 13.3. The van der Waals surface area contributed by atoms with Crippen LogP contribution in [0.15, 0.2) is 11.5 Å². The van der Waals surface area contributed by atoms with Gasteiger partial charge in [-0.25, -0.2) is 0 Å². The lowest BCUT2D eigenvalue weighted by molar-refractivity contribution is -0.118. The number of hydrogen-bond donors (Lipinski definition) is 0. The molecule has 0 aliphatic carbocycles. The van der Waals surface area contributed by atoms with Gasteiger partial charge < -0.3 is 9.31 Å². The summed E-state index contributed by atoms with van der Waals surface area (Å²) in [6.45, 7) is 12.1. The molecule has 0 unspecified atom stereocenters. The molecule has 0 spiro atoms. The molecule has 2 aliphatic heterocycles. The average Bonchev–Trinajstić information content (AvgIpc) is 2.48. The van der Waals surface area contributed by atoms with Crippen molar-refractivity contribution in [2.24, 2.45) is 0 Å². The second-order valence-corrected chi connectivity index (χ2v) is 6.55. The first-order valence-electron chi connectivity index (χ1n) is 6.98. The first kappa shape index (κ1) is 14.8. The lowest BCUT2D eigenvalue weighted by Gasteiger charge is -2.32. The highest BCUT2D eigenvalue weighted by atomic mass is 16.7. The third-order valence-corrected chi connectivity index (χ3v) is 4.33. The Balaban J connectivity index is 1.99. The Morgan fingerprint density at radius 2 is 1.89 bits per heavy atom. The smallest absolute Gasteiger partial charge is 0.400 e. The highest BCUT2D eigenvalue weighted by molar-refractivity contribution is 6.54. The molecule has 0 aromatic heterocycles. The fraction of sp³-hybridized carbons (Fsp3) is 0.786. The zero-order valence-corrected chi connectivity index (χ0v) is 12.7. The van der Waals surface area contributed by atoms with Gasteiger partial charge in [0.2, 0.25) is 0 Å². The van der Waals surface area contributed by atoms with E-state index in [1.165, 1.54) is 5.47 Å². The van der Waals surface area contributed by atoms with E-state index in [4.69, 9.17) is 9.31 Å². The largest absolute Gasteiger partial charge is 0.490 e. The van der Waals surface area contributed by atoms with Crippen LogP contribution < -0.4 is 0 Å². The molecule has 0 aromatic carbocycles. The van der Waals surface area contributed by atoms with Gasteiger partial charge in [-0.1, -0.05) is 6.08 Å². The highest BCUT2D eigenvalue weighted by Gasteiger charge is 2.52. The van der Waals surface area contributed by atoms with Crippen molar-refractivity contribution in [1.82, 2.24) is 4.90 Å². The number of ketones is 1. The van der Waals surface area contributed by atoms with E-state index in [-0.39, 0.29) is 24.1 Å². The molecule has 106 valence electrons. The molecule has 0 saturated carbocycles. The molecule has 0 radical (unpaired) electrons. The van der Waals surface area contributed by atoms with Gasteiger partial charge in [-0.05, 0) is 46.5 Å². The number of rotatable bonds is 3. The Hall–Kier alpha value is -0.645. The zero-order chi connectivity index (χ0) is 14.3. The summed E-state index contributed by atoms with van der Waals surface area (Å²) in [6.07, 6.45) is 3.05. The summed E-state index contributed by atoms with van der Waals surface area (Å²) in [5, 5.41) is 0. The lowest BCUT2D eigenvalue weighted by atomic mass is 9.75. The van der Waals surface area contributed by atoms with Crippen molar-refractivity contribution in [3.8, 4) is 0 Å². The predicted molar refractivity (Wildman–Crippen MR) is 75.9 cm³/mol. The first-order valence-corrected chi connectivity index (χ1v) is 6.98. The number of carbonyl (C=O) groups is 1. The molecule has 0 aromatic rings. The molecule has 1 fully saturated rings. The molecular formula is C14H24BNO3. The van der Waals surface area contributed by atoms with Crippen LogP contribution in [0.3, 0.4) is 0 Å². The van der Waals surface area contributed by atoms with E-state index in [1.807, 2.05) is 0 Å². The Morgan fingerprint density at radius 1 is 1.32 bits per heavy atom. The van der Waals surface area contributed by atoms with Gasteiger partial charge in [0.15, 0.2) is 0 Å². The SMILES string of the molecule is CC(=O)CN1CC=C(B2OC(C)(C)C(C)(C)O2)CC1. The summed E-state index contributed by atoms with van der Waals surface area (Å²) in [7, 11) is -0.232. The number of carbonyl (C=O) groups excluding carboxylic acids is 1. The number of Topliss-reactive ketones (excluding diaryl/α,β-unsaturated/α-hetero) is 1. The van der Waals surface area contributed by atoms with Crippen molar-refractivity contribution in [3.63, 3.8) is 0 Å². The first-order chi connectivity index (χ1) is 8.71. The molecule has 4 nitrogen and oxygen atoms in total. The van der Waals surface area contributed by atoms with Crippen molar-refractivity contribution in [2.75, 3.05) is 19.6 Å². The fourth-order valence-corrected chi connectivity index (χ4v) is 2.39.